The summed E-state index contributed by atoms with van der Waals surface area (Å²) in [6.45, 7) is 2.05. The van der Waals surface area contributed by atoms with Crippen LogP contribution >= 0.6 is 11.3 Å². The molecule has 3 rings (SSSR count). The summed E-state index contributed by atoms with van der Waals surface area (Å²) < 4.78 is 0. The van der Waals surface area contributed by atoms with Gasteiger partial charge in [0.15, 0.2) is 0 Å². The normalized spacial score (nSPS) is 16.0. The maximum Gasteiger partial charge on any atom is 0.257 e. The van der Waals surface area contributed by atoms with E-state index in [2.05, 4.69) is 20.8 Å². The number of anilines is 1. The van der Waals surface area contributed by atoms with Crippen LogP contribution in [0.1, 0.15) is 34.1 Å². The highest BCUT2D eigenvalue weighted by Crippen LogP contribution is 2.29. The van der Waals surface area contributed by atoms with E-state index in [1.807, 2.05) is 18.2 Å². The van der Waals surface area contributed by atoms with Crippen LogP contribution in [0.15, 0.2) is 30.3 Å². The lowest BCUT2D eigenvalue weighted by molar-refractivity contribution is 0.102. The molecule has 1 saturated heterocycles. The standard InChI is InChI=1S/C14H16N4OS/c19-12(10-4-2-1-3-5-10)16-14-18-17-13(20-14)11-6-8-15-9-7-11/h1-5,11,15H,6-9H2,(H,16,18,19). The highest BCUT2D eigenvalue weighted by molar-refractivity contribution is 7.15. The van der Waals surface area contributed by atoms with Crippen LogP contribution in [0.25, 0.3) is 0 Å². The van der Waals surface area contributed by atoms with Gasteiger partial charge in [-0.25, -0.2) is 0 Å². The van der Waals surface area contributed by atoms with Gasteiger partial charge in [0.1, 0.15) is 5.01 Å². The van der Waals surface area contributed by atoms with E-state index in [9.17, 15) is 4.79 Å². The summed E-state index contributed by atoms with van der Waals surface area (Å²) in [6.07, 6.45) is 2.17. The summed E-state index contributed by atoms with van der Waals surface area (Å²) in [5.74, 6) is 0.328. The molecule has 5 nitrogen and oxygen atoms in total. The van der Waals surface area contributed by atoms with Gasteiger partial charge in [0.05, 0.1) is 0 Å². The fourth-order valence-corrected chi connectivity index (χ4v) is 3.19. The van der Waals surface area contributed by atoms with E-state index in [4.69, 9.17) is 0 Å². The summed E-state index contributed by atoms with van der Waals surface area (Å²) in [7, 11) is 0. The molecule has 2 heterocycles. The summed E-state index contributed by atoms with van der Waals surface area (Å²) in [5, 5.41) is 16.0. The number of aromatic nitrogens is 2. The van der Waals surface area contributed by atoms with Gasteiger partial charge in [0.25, 0.3) is 5.91 Å². The number of hydrogen-bond donors (Lipinski definition) is 2. The Hall–Kier alpha value is -1.79. The van der Waals surface area contributed by atoms with Crippen molar-refractivity contribution >= 4 is 22.4 Å². The first-order valence-corrected chi connectivity index (χ1v) is 7.55. The average molecular weight is 288 g/mol. The third-order valence-electron chi connectivity index (χ3n) is 3.39. The van der Waals surface area contributed by atoms with Gasteiger partial charge in [-0.05, 0) is 38.1 Å². The number of nitrogens with zero attached hydrogens (tertiary/aromatic N) is 2. The van der Waals surface area contributed by atoms with E-state index in [0.29, 0.717) is 16.6 Å². The van der Waals surface area contributed by atoms with Crippen LogP contribution in [-0.4, -0.2) is 29.2 Å². The number of carbonyl (C=O) groups is 1. The molecule has 0 saturated carbocycles. The maximum absolute atomic E-state index is 12.0. The van der Waals surface area contributed by atoms with Crippen LogP contribution in [0.4, 0.5) is 5.13 Å². The molecule has 0 bridgehead atoms. The molecule has 1 aromatic heterocycles. The maximum atomic E-state index is 12.0. The minimum Gasteiger partial charge on any atom is -0.317 e. The highest BCUT2D eigenvalue weighted by atomic mass is 32.1. The van der Waals surface area contributed by atoms with E-state index in [1.165, 1.54) is 11.3 Å². The van der Waals surface area contributed by atoms with Crippen molar-refractivity contribution in [2.75, 3.05) is 18.4 Å². The summed E-state index contributed by atoms with van der Waals surface area (Å²) in [5.41, 5.74) is 0.631. The molecule has 0 unspecified atom stereocenters. The molecule has 1 aromatic carbocycles. The van der Waals surface area contributed by atoms with Crippen molar-refractivity contribution in [1.29, 1.82) is 0 Å². The van der Waals surface area contributed by atoms with E-state index in [1.54, 1.807) is 12.1 Å². The van der Waals surface area contributed by atoms with Crippen LogP contribution < -0.4 is 10.6 Å². The molecule has 6 heteroatoms. The molecular weight excluding hydrogens is 272 g/mol. The van der Waals surface area contributed by atoms with Crippen LogP contribution in [0.5, 0.6) is 0 Å². The predicted octanol–water partition coefficient (Wildman–Crippen LogP) is 2.26. The number of benzene rings is 1. The Morgan fingerprint density at radius 2 is 1.95 bits per heavy atom. The third kappa shape index (κ3) is 3.02. The largest absolute Gasteiger partial charge is 0.317 e. The Kier molecular flexibility index (Phi) is 4.03. The molecule has 104 valence electrons. The second-order valence-corrected chi connectivity index (χ2v) is 5.80. The molecule has 0 radical (unpaired) electrons. The summed E-state index contributed by atoms with van der Waals surface area (Å²) in [4.78, 5) is 12.0. The summed E-state index contributed by atoms with van der Waals surface area (Å²) in [6, 6.07) is 9.13. The Bertz CT molecular complexity index is 578. The molecule has 20 heavy (non-hydrogen) atoms. The van der Waals surface area contributed by atoms with Crippen LogP contribution in [0.2, 0.25) is 0 Å². The number of amides is 1. The zero-order chi connectivity index (χ0) is 13.8. The molecule has 0 spiro atoms. The molecule has 1 amide bonds. The highest BCUT2D eigenvalue weighted by Gasteiger charge is 2.20. The van der Waals surface area contributed by atoms with Crippen molar-refractivity contribution < 1.29 is 4.79 Å². The van der Waals surface area contributed by atoms with E-state index < -0.39 is 0 Å². The van der Waals surface area contributed by atoms with Crippen molar-refractivity contribution in [2.45, 2.75) is 18.8 Å². The van der Waals surface area contributed by atoms with Gasteiger partial charge in [0.2, 0.25) is 5.13 Å². The lowest BCUT2D eigenvalue weighted by Crippen LogP contribution is -2.26. The molecule has 0 atom stereocenters. The average Bonchev–Trinajstić information content (AvgIpc) is 2.97. The molecule has 1 aliphatic rings. The number of piperidine rings is 1. The zero-order valence-corrected chi connectivity index (χ0v) is 11.8. The van der Waals surface area contributed by atoms with Crippen molar-refractivity contribution in [1.82, 2.24) is 15.5 Å². The number of hydrogen-bond acceptors (Lipinski definition) is 5. The van der Waals surface area contributed by atoms with Crippen LogP contribution in [-0.2, 0) is 0 Å². The lowest BCUT2D eigenvalue weighted by Gasteiger charge is -2.19. The van der Waals surface area contributed by atoms with Gasteiger partial charge in [-0.15, -0.1) is 10.2 Å². The fourth-order valence-electron chi connectivity index (χ4n) is 2.28. The molecular formula is C14H16N4OS. The lowest BCUT2D eigenvalue weighted by atomic mass is 9.99. The van der Waals surface area contributed by atoms with Gasteiger partial charge < -0.3 is 5.32 Å². The van der Waals surface area contributed by atoms with Crippen LogP contribution in [0.3, 0.4) is 0 Å². The SMILES string of the molecule is O=C(Nc1nnc(C2CCNCC2)s1)c1ccccc1. The minimum absolute atomic E-state index is 0.140. The zero-order valence-electron chi connectivity index (χ0n) is 11.0. The van der Waals surface area contributed by atoms with E-state index in [0.717, 1.165) is 30.9 Å². The smallest absolute Gasteiger partial charge is 0.257 e. The first-order chi connectivity index (χ1) is 9.83. The minimum atomic E-state index is -0.140. The molecule has 1 fully saturated rings. The second-order valence-electron chi connectivity index (χ2n) is 4.79. The Labute approximate surface area is 121 Å². The molecule has 1 aliphatic heterocycles. The second kappa shape index (κ2) is 6.11. The Morgan fingerprint density at radius 1 is 1.20 bits per heavy atom. The predicted molar refractivity (Wildman–Crippen MR) is 79.1 cm³/mol. The van der Waals surface area contributed by atoms with E-state index in [-0.39, 0.29) is 5.91 Å². The van der Waals surface area contributed by atoms with Crippen molar-refractivity contribution in [3.63, 3.8) is 0 Å². The van der Waals surface area contributed by atoms with Crippen molar-refractivity contribution in [3.05, 3.63) is 40.9 Å². The van der Waals surface area contributed by atoms with Gasteiger partial charge in [-0.3, -0.25) is 10.1 Å². The molecule has 2 aromatic rings. The van der Waals surface area contributed by atoms with Crippen molar-refractivity contribution in [3.8, 4) is 0 Å². The van der Waals surface area contributed by atoms with Gasteiger partial charge in [0, 0.05) is 11.5 Å². The first kappa shape index (κ1) is 13.2. The van der Waals surface area contributed by atoms with Gasteiger partial charge in [-0.2, -0.15) is 0 Å². The monoisotopic (exact) mass is 288 g/mol. The Morgan fingerprint density at radius 3 is 2.70 bits per heavy atom. The molecule has 0 aliphatic carbocycles. The quantitative estimate of drug-likeness (QED) is 0.909. The van der Waals surface area contributed by atoms with Crippen LogP contribution in [0, 0.1) is 0 Å². The topological polar surface area (TPSA) is 66.9 Å². The molecule has 2 N–H and O–H groups in total. The van der Waals surface area contributed by atoms with Gasteiger partial charge in [-0.1, -0.05) is 29.5 Å². The third-order valence-corrected chi connectivity index (χ3v) is 4.39. The Balaban J connectivity index is 1.66. The number of rotatable bonds is 3. The number of nitrogens with one attached hydrogen (secondary N) is 2. The first-order valence-electron chi connectivity index (χ1n) is 6.73. The summed E-state index contributed by atoms with van der Waals surface area (Å²) >= 11 is 1.48. The number of carbonyl (C=O) groups excluding carboxylic acids is 1. The van der Waals surface area contributed by atoms with Gasteiger partial charge >= 0.3 is 0 Å². The van der Waals surface area contributed by atoms with Crippen molar-refractivity contribution in [2.24, 2.45) is 0 Å². The fraction of sp³-hybridized carbons (Fsp3) is 0.357. The van der Waals surface area contributed by atoms with E-state index >= 15 is 0 Å².